The normalized spacial score (nSPS) is 22.9. The van der Waals surface area contributed by atoms with Crippen molar-refractivity contribution in [3.8, 4) is 0 Å². The SMILES string of the molecule is CNCC1CCCN1C(C)c1ccc(Br)cc1. The zero-order chi connectivity index (χ0) is 12.3. The molecular weight excluding hydrogens is 276 g/mol. The Morgan fingerprint density at radius 3 is 2.76 bits per heavy atom. The molecule has 2 unspecified atom stereocenters. The minimum atomic E-state index is 0.518. The minimum Gasteiger partial charge on any atom is -0.318 e. The molecule has 2 nitrogen and oxygen atoms in total. The number of likely N-dealkylation sites (tertiary alicyclic amines) is 1. The van der Waals surface area contributed by atoms with Gasteiger partial charge in [-0.3, -0.25) is 4.90 Å². The van der Waals surface area contributed by atoms with Crippen molar-refractivity contribution in [2.75, 3.05) is 20.1 Å². The largest absolute Gasteiger partial charge is 0.318 e. The third-order valence-corrected chi connectivity index (χ3v) is 4.24. The lowest BCUT2D eigenvalue weighted by molar-refractivity contribution is 0.191. The molecule has 0 bridgehead atoms. The Morgan fingerprint density at radius 1 is 1.41 bits per heavy atom. The molecule has 1 saturated heterocycles. The predicted molar refractivity (Wildman–Crippen MR) is 76.2 cm³/mol. The first kappa shape index (κ1) is 13.1. The summed E-state index contributed by atoms with van der Waals surface area (Å²) in [6.45, 7) is 4.64. The fourth-order valence-corrected chi connectivity index (χ4v) is 3.02. The summed E-state index contributed by atoms with van der Waals surface area (Å²) in [5.74, 6) is 0. The number of halogens is 1. The molecule has 2 atom stereocenters. The molecule has 0 radical (unpaired) electrons. The van der Waals surface area contributed by atoms with Gasteiger partial charge in [0.2, 0.25) is 0 Å². The van der Waals surface area contributed by atoms with E-state index in [0.29, 0.717) is 12.1 Å². The molecule has 1 aliphatic rings. The van der Waals surface area contributed by atoms with Crippen LogP contribution in [-0.4, -0.2) is 31.1 Å². The lowest BCUT2D eigenvalue weighted by Crippen LogP contribution is -2.38. The summed E-state index contributed by atoms with van der Waals surface area (Å²) in [7, 11) is 2.04. The van der Waals surface area contributed by atoms with Gasteiger partial charge in [0.1, 0.15) is 0 Å². The predicted octanol–water partition coefficient (Wildman–Crippen LogP) is 3.19. The highest BCUT2D eigenvalue weighted by Gasteiger charge is 2.28. The highest BCUT2D eigenvalue weighted by Crippen LogP contribution is 2.29. The van der Waals surface area contributed by atoms with Gasteiger partial charge in [-0.15, -0.1) is 0 Å². The Morgan fingerprint density at radius 2 is 2.12 bits per heavy atom. The van der Waals surface area contributed by atoms with Crippen LogP contribution in [-0.2, 0) is 0 Å². The Bertz CT molecular complexity index is 350. The molecule has 1 fully saturated rings. The van der Waals surface area contributed by atoms with Crippen molar-refractivity contribution in [3.63, 3.8) is 0 Å². The number of hydrogen-bond acceptors (Lipinski definition) is 2. The van der Waals surface area contributed by atoms with E-state index in [1.807, 2.05) is 7.05 Å². The van der Waals surface area contributed by atoms with Crippen molar-refractivity contribution >= 4 is 15.9 Å². The van der Waals surface area contributed by atoms with E-state index >= 15 is 0 Å². The molecule has 2 rings (SSSR count). The zero-order valence-corrected chi connectivity index (χ0v) is 12.2. The van der Waals surface area contributed by atoms with Crippen molar-refractivity contribution < 1.29 is 0 Å². The second kappa shape index (κ2) is 5.98. The Labute approximate surface area is 113 Å². The van der Waals surface area contributed by atoms with Crippen LogP contribution in [0.3, 0.4) is 0 Å². The first-order chi connectivity index (χ1) is 8.22. The molecule has 0 saturated carbocycles. The molecule has 1 aromatic rings. The van der Waals surface area contributed by atoms with Crippen LogP contribution in [0.5, 0.6) is 0 Å². The minimum absolute atomic E-state index is 0.518. The fourth-order valence-electron chi connectivity index (χ4n) is 2.76. The first-order valence-electron chi connectivity index (χ1n) is 6.38. The summed E-state index contributed by atoms with van der Waals surface area (Å²) in [5, 5.41) is 3.31. The van der Waals surface area contributed by atoms with Gasteiger partial charge in [0, 0.05) is 23.1 Å². The van der Waals surface area contributed by atoms with Crippen LogP contribution in [0, 0.1) is 0 Å². The first-order valence-corrected chi connectivity index (χ1v) is 7.17. The summed E-state index contributed by atoms with van der Waals surface area (Å²) in [4.78, 5) is 2.62. The molecule has 94 valence electrons. The van der Waals surface area contributed by atoms with E-state index in [4.69, 9.17) is 0 Å². The Kier molecular flexibility index (Phi) is 4.60. The number of nitrogens with one attached hydrogen (secondary N) is 1. The van der Waals surface area contributed by atoms with E-state index in [-0.39, 0.29) is 0 Å². The van der Waals surface area contributed by atoms with Crippen LogP contribution in [0.4, 0.5) is 0 Å². The van der Waals surface area contributed by atoms with Crippen molar-refractivity contribution in [2.24, 2.45) is 0 Å². The third kappa shape index (κ3) is 3.09. The van der Waals surface area contributed by atoms with Crippen molar-refractivity contribution in [2.45, 2.75) is 31.8 Å². The second-order valence-electron chi connectivity index (χ2n) is 4.82. The number of likely N-dealkylation sites (N-methyl/N-ethyl adjacent to an activating group) is 1. The van der Waals surface area contributed by atoms with E-state index in [9.17, 15) is 0 Å². The number of rotatable bonds is 4. The molecule has 0 spiro atoms. The molecule has 0 aromatic heterocycles. The highest BCUT2D eigenvalue weighted by atomic mass is 79.9. The smallest absolute Gasteiger partial charge is 0.0323 e. The lowest BCUT2D eigenvalue weighted by atomic mass is 10.1. The van der Waals surface area contributed by atoms with Crippen LogP contribution in [0.1, 0.15) is 31.4 Å². The molecule has 0 aliphatic carbocycles. The van der Waals surface area contributed by atoms with Gasteiger partial charge >= 0.3 is 0 Å². The van der Waals surface area contributed by atoms with E-state index < -0.39 is 0 Å². The van der Waals surface area contributed by atoms with Crippen molar-refractivity contribution in [3.05, 3.63) is 34.3 Å². The van der Waals surface area contributed by atoms with Crippen molar-refractivity contribution in [1.29, 1.82) is 0 Å². The van der Waals surface area contributed by atoms with E-state index in [1.165, 1.54) is 24.9 Å². The van der Waals surface area contributed by atoms with Gasteiger partial charge in [-0.1, -0.05) is 28.1 Å². The van der Waals surface area contributed by atoms with Crippen LogP contribution in [0.15, 0.2) is 28.7 Å². The van der Waals surface area contributed by atoms with E-state index in [1.54, 1.807) is 0 Å². The van der Waals surface area contributed by atoms with Gasteiger partial charge in [-0.05, 0) is 51.1 Å². The quantitative estimate of drug-likeness (QED) is 0.918. The van der Waals surface area contributed by atoms with Gasteiger partial charge in [0.05, 0.1) is 0 Å². The summed E-state index contributed by atoms with van der Waals surface area (Å²) in [6.07, 6.45) is 2.65. The maximum absolute atomic E-state index is 3.49. The summed E-state index contributed by atoms with van der Waals surface area (Å²) in [5.41, 5.74) is 1.41. The van der Waals surface area contributed by atoms with Gasteiger partial charge < -0.3 is 5.32 Å². The maximum Gasteiger partial charge on any atom is 0.0323 e. The van der Waals surface area contributed by atoms with Gasteiger partial charge in [-0.25, -0.2) is 0 Å². The van der Waals surface area contributed by atoms with Crippen LogP contribution in [0.25, 0.3) is 0 Å². The Balaban J connectivity index is 2.08. The standard InChI is InChI=1S/C14H21BrN2/c1-11(12-5-7-13(15)8-6-12)17-9-3-4-14(17)10-16-2/h5-8,11,14,16H,3-4,9-10H2,1-2H3. The molecular formula is C14H21BrN2. The summed E-state index contributed by atoms with van der Waals surface area (Å²) >= 11 is 3.49. The molecule has 1 aromatic carbocycles. The summed E-state index contributed by atoms with van der Waals surface area (Å²) < 4.78 is 1.15. The van der Waals surface area contributed by atoms with Gasteiger partial charge in [0.15, 0.2) is 0 Å². The molecule has 3 heteroatoms. The van der Waals surface area contributed by atoms with Gasteiger partial charge in [0.25, 0.3) is 0 Å². The van der Waals surface area contributed by atoms with E-state index in [2.05, 4.69) is 57.3 Å². The van der Waals surface area contributed by atoms with Gasteiger partial charge in [-0.2, -0.15) is 0 Å². The number of nitrogens with zero attached hydrogens (tertiary/aromatic N) is 1. The van der Waals surface area contributed by atoms with Crippen molar-refractivity contribution in [1.82, 2.24) is 10.2 Å². The molecule has 1 heterocycles. The molecule has 0 amide bonds. The Hall–Kier alpha value is -0.380. The number of benzene rings is 1. The van der Waals surface area contributed by atoms with Crippen LogP contribution >= 0.6 is 15.9 Å². The maximum atomic E-state index is 3.49. The zero-order valence-electron chi connectivity index (χ0n) is 10.6. The molecule has 1 N–H and O–H groups in total. The topological polar surface area (TPSA) is 15.3 Å². The van der Waals surface area contributed by atoms with E-state index in [0.717, 1.165) is 11.0 Å². The fraction of sp³-hybridized carbons (Fsp3) is 0.571. The molecule has 17 heavy (non-hydrogen) atoms. The molecule has 1 aliphatic heterocycles. The monoisotopic (exact) mass is 296 g/mol. The number of hydrogen-bond donors (Lipinski definition) is 1. The lowest BCUT2D eigenvalue weighted by Gasteiger charge is -2.31. The third-order valence-electron chi connectivity index (χ3n) is 3.71. The second-order valence-corrected chi connectivity index (χ2v) is 5.73. The highest BCUT2D eigenvalue weighted by molar-refractivity contribution is 9.10. The average molecular weight is 297 g/mol. The average Bonchev–Trinajstić information content (AvgIpc) is 2.78. The summed E-state index contributed by atoms with van der Waals surface area (Å²) in [6, 6.07) is 9.93. The van der Waals surface area contributed by atoms with Crippen LogP contribution < -0.4 is 5.32 Å². The van der Waals surface area contributed by atoms with Crippen LogP contribution in [0.2, 0.25) is 0 Å².